The van der Waals surface area contributed by atoms with E-state index in [-0.39, 0.29) is 19.8 Å². The Morgan fingerprint density at radius 1 is 1.27 bits per heavy atom. The van der Waals surface area contributed by atoms with Crippen LogP contribution in [0.15, 0.2) is 0 Å². The molecule has 0 spiro atoms. The van der Waals surface area contributed by atoms with Crippen molar-refractivity contribution >= 4 is 5.91 Å². The molecule has 0 aliphatic heterocycles. The summed E-state index contributed by atoms with van der Waals surface area (Å²) in [7, 11) is 0. The van der Waals surface area contributed by atoms with E-state index >= 15 is 0 Å². The number of nitrogens with one attached hydrogen (secondary N) is 1. The zero-order chi connectivity index (χ0) is 11.7. The van der Waals surface area contributed by atoms with Crippen LogP contribution in [0.5, 0.6) is 0 Å². The number of halogens is 3. The zero-order valence-corrected chi connectivity index (χ0v) is 7.97. The minimum Gasteiger partial charge on any atom is -0.370 e. The third-order valence-electron chi connectivity index (χ3n) is 1.21. The van der Waals surface area contributed by atoms with Crippen LogP contribution in [0.4, 0.5) is 13.2 Å². The molecule has 0 aromatic rings. The predicted octanol–water partition coefficient (Wildman–Crippen LogP) is -0.386. The summed E-state index contributed by atoms with van der Waals surface area (Å²) in [5.41, 5.74) is 4.77. The second-order valence-corrected chi connectivity index (χ2v) is 2.56. The summed E-state index contributed by atoms with van der Waals surface area (Å²) in [4.78, 5) is 10.2. The Morgan fingerprint density at radius 2 is 1.87 bits per heavy atom. The smallest absolute Gasteiger partial charge is 0.370 e. The highest BCUT2D eigenvalue weighted by molar-refractivity contribution is 5.74. The first-order valence-corrected chi connectivity index (χ1v) is 4.19. The summed E-state index contributed by atoms with van der Waals surface area (Å²) in [5, 5.41) is 2.63. The van der Waals surface area contributed by atoms with E-state index in [0.29, 0.717) is 6.54 Å². The molecule has 8 heteroatoms. The Hall–Kier alpha value is -0.860. The van der Waals surface area contributed by atoms with E-state index in [2.05, 4.69) is 10.1 Å². The van der Waals surface area contributed by atoms with Gasteiger partial charge in [-0.2, -0.15) is 0 Å². The fourth-order valence-corrected chi connectivity index (χ4v) is 0.681. The first kappa shape index (κ1) is 14.1. The summed E-state index contributed by atoms with van der Waals surface area (Å²) >= 11 is 0. The molecule has 1 amide bonds. The normalized spacial score (nSPS) is 11.7. The van der Waals surface area contributed by atoms with Gasteiger partial charge < -0.3 is 15.8 Å². The molecule has 5 nitrogen and oxygen atoms in total. The standard InChI is InChI=1S/C7H13F3N2O3/c8-7(9,10)15-4-2-12-1-3-14-5-6(11)13/h12H,1-5H2,(H2,11,13). The SMILES string of the molecule is NC(=O)COCCNCCOC(F)(F)F. The molecule has 0 atom stereocenters. The number of alkyl halides is 3. The van der Waals surface area contributed by atoms with E-state index in [0.717, 1.165) is 0 Å². The summed E-state index contributed by atoms with van der Waals surface area (Å²) in [6.07, 6.45) is -4.59. The molecule has 0 saturated carbocycles. The average Bonchev–Trinajstić information content (AvgIpc) is 2.07. The largest absolute Gasteiger partial charge is 0.522 e. The van der Waals surface area contributed by atoms with Gasteiger partial charge in [-0.1, -0.05) is 0 Å². The van der Waals surface area contributed by atoms with Gasteiger partial charge in [-0.05, 0) is 0 Å². The van der Waals surface area contributed by atoms with Gasteiger partial charge in [0.15, 0.2) is 0 Å². The number of hydrogen-bond donors (Lipinski definition) is 2. The Labute approximate surface area is 84.7 Å². The molecule has 0 aromatic carbocycles. The molecule has 15 heavy (non-hydrogen) atoms. The fourth-order valence-electron chi connectivity index (χ4n) is 0.681. The first-order valence-electron chi connectivity index (χ1n) is 4.19. The predicted molar refractivity (Wildman–Crippen MR) is 44.9 cm³/mol. The van der Waals surface area contributed by atoms with Crippen LogP contribution in [0, 0.1) is 0 Å². The lowest BCUT2D eigenvalue weighted by molar-refractivity contribution is -0.323. The quantitative estimate of drug-likeness (QED) is 0.557. The van der Waals surface area contributed by atoms with Gasteiger partial charge in [0.05, 0.1) is 13.2 Å². The molecular weight excluding hydrogens is 217 g/mol. The summed E-state index contributed by atoms with van der Waals surface area (Å²) in [6, 6.07) is 0. The van der Waals surface area contributed by atoms with Crippen LogP contribution in [0.25, 0.3) is 0 Å². The highest BCUT2D eigenvalue weighted by atomic mass is 19.4. The van der Waals surface area contributed by atoms with E-state index in [1.54, 1.807) is 0 Å². The van der Waals surface area contributed by atoms with E-state index in [1.165, 1.54) is 0 Å². The average molecular weight is 230 g/mol. The van der Waals surface area contributed by atoms with Crippen LogP contribution in [-0.4, -0.2) is 45.2 Å². The minimum absolute atomic E-state index is 0.0550. The molecule has 0 unspecified atom stereocenters. The number of nitrogens with two attached hydrogens (primary N) is 1. The van der Waals surface area contributed by atoms with Crippen LogP contribution >= 0.6 is 0 Å². The molecule has 0 heterocycles. The van der Waals surface area contributed by atoms with Crippen LogP contribution in [0.3, 0.4) is 0 Å². The molecule has 0 aliphatic rings. The molecular formula is C7H13F3N2O3. The van der Waals surface area contributed by atoms with Crippen LogP contribution < -0.4 is 11.1 Å². The lowest BCUT2D eigenvalue weighted by Crippen LogP contribution is -2.28. The van der Waals surface area contributed by atoms with Crippen LogP contribution in [0.1, 0.15) is 0 Å². The second kappa shape index (κ2) is 7.43. The Balaban J connectivity index is 3.09. The van der Waals surface area contributed by atoms with Crippen LogP contribution in [-0.2, 0) is 14.3 Å². The lowest BCUT2D eigenvalue weighted by atomic mass is 10.6. The van der Waals surface area contributed by atoms with Crippen molar-refractivity contribution in [2.45, 2.75) is 6.36 Å². The lowest BCUT2D eigenvalue weighted by Gasteiger charge is -2.08. The highest BCUT2D eigenvalue weighted by Crippen LogP contribution is 2.14. The van der Waals surface area contributed by atoms with Crippen molar-refractivity contribution in [1.82, 2.24) is 5.32 Å². The molecule has 3 N–H and O–H groups in total. The van der Waals surface area contributed by atoms with Gasteiger partial charge in [-0.3, -0.25) is 9.53 Å². The van der Waals surface area contributed by atoms with E-state index in [9.17, 15) is 18.0 Å². The van der Waals surface area contributed by atoms with Gasteiger partial charge in [0.25, 0.3) is 0 Å². The van der Waals surface area contributed by atoms with Gasteiger partial charge in [-0.15, -0.1) is 13.2 Å². The monoisotopic (exact) mass is 230 g/mol. The molecule has 0 saturated heterocycles. The maximum Gasteiger partial charge on any atom is 0.522 e. The third-order valence-corrected chi connectivity index (χ3v) is 1.21. The van der Waals surface area contributed by atoms with Gasteiger partial charge in [0, 0.05) is 13.1 Å². The first-order chi connectivity index (χ1) is 6.92. The van der Waals surface area contributed by atoms with Gasteiger partial charge >= 0.3 is 6.36 Å². The number of primary amides is 1. The summed E-state index contributed by atoms with van der Waals surface area (Å²) in [5.74, 6) is -0.588. The molecule has 0 radical (unpaired) electrons. The molecule has 90 valence electrons. The number of amides is 1. The number of ether oxygens (including phenoxy) is 2. The topological polar surface area (TPSA) is 73.6 Å². The van der Waals surface area contributed by atoms with Crippen molar-refractivity contribution in [3.63, 3.8) is 0 Å². The van der Waals surface area contributed by atoms with Crippen molar-refractivity contribution in [3.8, 4) is 0 Å². The molecule has 0 fully saturated rings. The minimum atomic E-state index is -4.59. The molecule has 0 aromatic heterocycles. The maximum absolute atomic E-state index is 11.4. The number of rotatable bonds is 8. The second-order valence-electron chi connectivity index (χ2n) is 2.56. The van der Waals surface area contributed by atoms with Crippen LogP contribution in [0.2, 0.25) is 0 Å². The number of hydrogen-bond acceptors (Lipinski definition) is 4. The molecule has 0 aliphatic carbocycles. The Bertz CT molecular complexity index is 187. The molecule has 0 bridgehead atoms. The van der Waals surface area contributed by atoms with Crippen molar-refractivity contribution in [2.24, 2.45) is 5.73 Å². The van der Waals surface area contributed by atoms with E-state index < -0.39 is 18.9 Å². The van der Waals surface area contributed by atoms with Crippen molar-refractivity contribution in [2.75, 3.05) is 32.9 Å². The van der Waals surface area contributed by atoms with Gasteiger partial charge in [0.1, 0.15) is 6.61 Å². The summed E-state index contributed by atoms with van der Waals surface area (Å²) in [6.45, 7) is -0.0665. The summed E-state index contributed by atoms with van der Waals surface area (Å²) < 4.78 is 42.6. The van der Waals surface area contributed by atoms with Gasteiger partial charge in [0.2, 0.25) is 5.91 Å². The zero-order valence-electron chi connectivity index (χ0n) is 7.97. The molecule has 0 rings (SSSR count). The highest BCUT2D eigenvalue weighted by Gasteiger charge is 2.28. The van der Waals surface area contributed by atoms with E-state index in [1.807, 2.05) is 0 Å². The Kier molecular flexibility index (Phi) is 7.01. The van der Waals surface area contributed by atoms with Crippen molar-refractivity contribution in [3.05, 3.63) is 0 Å². The number of carbonyl (C=O) groups is 1. The van der Waals surface area contributed by atoms with Gasteiger partial charge in [-0.25, -0.2) is 0 Å². The number of carbonyl (C=O) groups excluding carboxylic acids is 1. The van der Waals surface area contributed by atoms with E-state index in [4.69, 9.17) is 10.5 Å². The third kappa shape index (κ3) is 13.1. The van der Waals surface area contributed by atoms with Crippen molar-refractivity contribution in [1.29, 1.82) is 0 Å². The van der Waals surface area contributed by atoms with Crippen molar-refractivity contribution < 1.29 is 27.4 Å². The Morgan fingerprint density at radius 3 is 2.40 bits per heavy atom. The maximum atomic E-state index is 11.4. The fraction of sp³-hybridized carbons (Fsp3) is 0.857.